The molecule has 4 aromatic rings. The number of hydrogen-bond donors (Lipinski definition) is 2. The Morgan fingerprint density at radius 3 is 2.23 bits per heavy atom. The fraction of sp³-hybridized carbons (Fsp3) is 0.185. The molecule has 0 saturated heterocycles. The van der Waals surface area contributed by atoms with Crippen LogP contribution in [0.25, 0.3) is 5.69 Å². The molecule has 0 radical (unpaired) electrons. The molecule has 0 atom stereocenters. The Morgan fingerprint density at radius 2 is 1.57 bits per heavy atom. The highest BCUT2D eigenvalue weighted by atomic mass is 32.2. The summed E-state index contributed by atoms with van der Waals surface area (Å²) in [5.74, 6) is -0.250. The van der Waals surface area contributed by atoms with E-state index in [1.807, 2.05) is 62.7 Å². The fourth-order valence-corrected chi connectivity index (χ4v) is 4.95. The fourth-order valence-electron chi connectivity index (χ4n) is 3.81. The third kappa shape index (κ3) is 5.27. The molecule has 1 heterocycles. The highest BCUT2D eigenvalue weighted by molar-refractivity contribution is 7.92. The molecular formula is C27H28N4O3S. The number of para-hydroxylation sites is 1. The minimum atomic E-state index is -3.72. The van der Waals surface area contributed by atoms with Gasteiger partial charge in [0.2, 0.25) is 0 Å². The summed E-state index contributed by atoms with van der Waals surface area (Å²) in [4.78, 5) is 12.9. The van der Waals surface area contributed by atoms with E-state index < -0.39 is 10.0 Å². The molecule has 0 bridgehead atoms. The van der Waals surface area contributed by atoms with Crippen LogP contribution in [0, 0.1) is 27.7 Å². The first-order valence-corrected chi connectivity index (χ1v) is 12.7. The molecule has 1 aromatic heterocycles. The first-order chi connectivity index (χ1) is 16.7. The number of aromatic nitrogens is 2. The van der Waals surface area contributed by atoms with Crippen molar-refractivity contribution in [2.45, 2.75) is 39.1 Å². The van der Waals surface area contributed by atoms with Crippen LogP contribution in [0.4, 0.5) is 5.69 Å². The van der Waals surface area contributed by atoms with Crippen molar-refractivity contribution in [3.05, 3.63) is 106 Å². The van der Waals surface area contributed by atoms with E-state index in [0.717, 1.165) is 33.8 Å². The van der Waals surface area contributed by atoms with Gasteiger partial charge in [-0.25, -0.2) is 13.1 Å². The van der Waals surface area contributed by atoms with E-state index in [0.29, 0.717) is 17.8 Å². The first-order valence-electron chi connectivity index (χ1n) is 11.2. The van der Waals surface area contributed by atoms with Crippen molar-refractivity contribution in [3.8, 4) is 5.69 Å². The highest BCUT2D eigenvalue weighted by Crippen LogP contribution is 2.20. The van der Waals surface area contributed by atoms with E-state index in [4.69, 9.17) is 0 Å². The predicted molar refractivity (Wildman–Crippen MR) is 137 cm³/mol. The highest BCUT2D eigenvalue weighted by Gasteiger charge is 2.17. The maximum Gasteiger partial charge on any atom is 0.261 e. The standard InChI is InChI=1S/C27H28N4O3S/c1-18-10-15-25(16-19(18)2)35(33,34)30-23-13-11-22(12-14-23)27(32)28-17-26-20(3)29-31(21(26)4)24-8-6-5-7-9-24/h5-16,30H,17H2,1-4H3,(H,28,32). The predicted octanol–water partition coefficient (Wildman–Crippen LogP) is 4.84. The van der Waals surface area contributed by atoms with Gasteiger partial charge in [-0.1, -0.05) is 24.3 Å². The average molecular weight is 489 g/mol. The monoisotopic (exact) mass is 488 g/mol. The lowest BCUT2D eigenvalue weighted by Gasteiger charge is -2.11. The minimum absolute atomic E-state index is 0.198. The van der Waals surface area contributed by atoms with E-state index in [-0.39, 0.29) is 10.8 Å². The number of benzene rings is 3. The molecule has 4 rings (SSSR count). The SMILES string of the molecule is Cc1ccc(S(=O)(=O)Nc2ccc(C(=O)NCc3c(C)nn(-c4ccccc4)c3C)cc2)cc1C. The van der Waals surface area contributed by atoms with Gasteiger partial charge in [-0.2, -0.15) is 5.10 Å². The number of hydrogen-bond acceptors (Lipinski definition) is 4. The topological polar surface area (TPSA) is 93.1 Å². The number of nitrogens with one attached hydrogen (secondary N) is 2. The molecule has 8 heteroatoms. The number of amides is 1. The zero-order valence-corrected chi connectivity index (χ0v) is 21.0. The van der Waals surface area contributed by atoms with Crippen molar-refractivity contribution < 1.29 is 13.2 Å². The van der Waals surface area contributed by atoms with Crippen LogP contribution in [0.2, 0.25) is 0 Å². The van der Waals surface area contributed by atoms with Crippen molar-refractivity contribution in [2.24, 2.45) is 0 Å². The van der Waals surface area contributed by atoms with Gasteiger partial charge in [-0.15, -0.1) is 0 Å². The number of rotatable bonds is 7. The third-order valence-corrected chi connectivity index (χ3v) is 7.43. The Bertz CT molecular complexity index is 1480. The molecule has 7 nitrogen and oxygen atoms in total. The van der Waals surface area contributed by atoms with E-state index in [9.17, 15) is 13.2 Å². The summed E-state index contributed by atoms with van der Waals surface area (Å²) in [5.41, 5.74) is 6.48. The van der Waals surface area contributed by atoms with Crippen LogP contribution in [0.15, 0.2) is 77.7 Å². The Kier molecular flexibility index (Phi) is 6.75. The van der Waals surface area contributed by atoms with Crippen LogP contribution in [-0.4, -0.2) is 24.1 Å². The van der Waals surface area contributed by atoms with Crippen molar-refractivity contribution in [1.29, 1.82) is 0 Å². The maximum absolute atomic E-state index is 12.7. The first kappa shape index (κ1) is 24.2. The molecule has 0 saturated carbocycles. The van der Waals surface area contributed by atoms with Gasteiger partial charge in [-0.05, 0) is 87.4 Å². The van der Waals surface area contributed by atoms with Crippen molar-refractivity contribution >= 4 is 21.6 Å². The Labute approximate surface area is 205 Å². The lowest BCUT2D eigenvalue weighted by atomic mass is 10.1. The van der Waals surface area contributed by atoms with Gasteiger partial charge in [0.1, 0.15) is 0 Å². The number of aryl methyl sites for hydroxylation is 3. The molecule has 0 aliphatic carbocycles. The lowest BCUT2D eigenvalue weighted by Crippen LogP contribution is -2.23. The largest absolute Gasteiger partial charge is 0.348 e. The van der Waals surface area contributed by atoms with Gasteiger partial charge in [0.25, 0.3) is 15.9 Å². The normalized spacial score (nSPS) is 11.3. The molecule has 3 aromatic carbocycles. The molecular weight excluding hydrogens is 460 g/mol. The Balaban J connectivity index is 1.43. The lowest BCUT2D eigenvalue weighted by molar-refractivity contribution is 0.0951. The smallest absolute Gasteiger partial charge is 0.261 e. The van der Waals surface area contributed by atoms with Gasteiger partial charge >= 0.3 is 0 Å². The second-order valence-electron chi connectivity index (χ2n) is 8.51. The molecule has 180 valence electrons. The summed E-state index contributed by atoms with van der Waals surface area (Å²) in [6.45, 7) is 8.04. The van der Waals surface area contributed by atoms with E-state index in [2.05, 4.69) is 15.1 Å². The molecule has 35 heavy (non-hydrogen) atoms. The summed E-state index contributed by atoms with van der Waals surface area (Å²) in [7, 11) is -3.72. The number of carbonyl (C=O) groups is 1. The number of carbonyl (C=O) groups excluding carboxylic acids is 1. The molecule has 2 N–H and O–H groups in total. The average Bonchev–Trinajstić information content (AvgIpc) is 3.13. The second kappa shape index (κ2) is 9.76. The number of sulfonamides is 1. The summed E-state index contributed by atoms with van der Waals surface area (Å²) < 4.78 is 29.9. The van der Waals surface area contributed by atoms with E-state index in [1.165, 1.54) is 0 Å². The summed E-state index contributed by atoms with van der Waals surface area (Å²) in [6, 6.07) is 21.2. The van der Waals surface area contributed by atoms with Gasteiger partial charge in [0, 0.05) is 29.1 Å². The minimum Gasteiger partial charge on any atom is -0.348 e. The van der Waals surface area contributed by atoms with Crippen LogP contribution in [0.5, 0.6) is 0 Å². The quantitative estimate of drug-likeness (QED) is 0.389. The van der Waals surface area contributed by atoms with E-state index >= 15 is 0 Å². The van der Waals surface area contributed by atoms with Gasteiger partial charge in [0.05, 0.1) is 16.3 Å². The molecule has 0 spiro atoms. The van der Waals surface area contributed by atoms with Crippen LogP contribution >= 0.6 is 0 Å². The van der Waals surface area contributed by atoms with E-state index in [1.54, 1.807) is 42.5 Å². The molecule has 0 unspecified atom stereocenters. The number of anilines is 1. The van der Waals surface area contributed by atoms with Gasteiger partial charge in [0.15, 0.2) is 0 Å². The van der Waals surface area contributed by atoms with Crippen LogP contribution in [0.3, 0.4) is 0 Å². The zero-order valence-electron chi connectivity index (χ0n) is 20.2. The molecule has 0 fully saturated rings. The summed E-state index contributed by atoms with van der Waals surface area (Å²) in [5, 5.41) is 7.55. The van der Waals surface area contributed by atoms with Gasteiger partial charge < -0.3 is 5.32 Å². The third-order valence-electron chi connectivity index (χ3n) is 6.06. The summed E-state index contributed by atoms with van der Waals surface area (Å²) in [6.07, 6.45) is 0. The zero-order chi connectivity index (χ0) is 25.2. The van der Waals surface area contributed by atoms with Crippen molar-refractivity contribution in [1.82, 2.24) is 15.1 Å². The molecule has 1 amide bonds. The molecule has 0 aliphatic heterocycles. The van der Waals surface area contributed by atoms with Crippen LogP contribution < -0.4 is 10.0 Å². The summed E-state index contributed by atoms with van der Waals surface area (Å²) >= 11 is 0. The second-order valence-corrected chi connectivity index (χ2v) is 10.2. The van der Waals surface area contributed by atoms with Gasteiger partial charge in [-0.3, -0.25) is 9.52 Å². The van der Waals surface area contributed by atoms with Crippen molar-refractivity contribution in [2.75, 3.05) is 4.72 Å². The van der Waals surface area contributed by atoms with Crippen LogP contribution in [-0.2, 0) is 16.6 Å². The Hall–Kier alpha value is -3.91. The van der Waals surface area contributed by atoms with Crippen LogP contribution in [0.1, 0.15) is 38.4 Å². The maximum atomic E-state index is 12.7. The Morgan fingerprint density at radius 1 is 0.886 bits per heavy atom. The van der Waals surface area contributed by atoms with Crippen molar-refractivity contribution in [3.63, 3.8) is 0 Å². The molecule has 0 aliphatic rings. The number of nitrogens with zero attached hydrogens (tertiary/aromatic N) is 2.